The van der Waals surface area contributed by atoms with Gasteiger partial charge >= 0.3 is 0 Å². The van der Waals surface area contributed by atoms with Gasteiger partial charge < -0.3 is 4.90 Å². The Morgan fingerprint density at radius 2 is 1.85 bits per heavy atom. The van der Waals surface area contributed by atoms with E-state index in [0.29, 0.717) is 11.8 Å². The maximum Gasteiger partial charge on any atom is 0.222 e. The molecule has 1 heterocycles. The summed E-state index contributed by atoms with van der Waals surface area (Å²) in [6, 6.07) is 17.2. The Balaban J connectivity index is 1.53. The van der Waals surface area contributed by atoms with E-state index in [1.54, 1.807) is 0 Å². The van der Waals surface area contributed by atoms with Gasteiger partial charge in [0, 0.05) is 25.4 Å². The largest absolute Gasteiger partial charge is 0.342 e. The molecule has 20 heavy (non-hydrogen) atoms. The van der Waals surface area contributed by atoms with Crippen LogP contribution in [0.2, 0.25) is 0 Å². The molecule has 4 rings (SSSR count). The predicted octanol–water partition coefficient (Wildman–Crippen LogP) is 3.42. The van der Waals surface area contributed by atoms with Gasteiger partial charge in [0.15, 0.2) is 0 Å². The van der Waals surface area contributed by atoms with E-state index in [1.165, 1.54) is 22.3 Å². The molecule has 0 bridgehead atoms. The third-order valence-corrected chi connectivity index (χ3v) is 4.44. The number of benzene rings is 2. The van der Waals surface area contributed by atoms with Crippen LogP contribution in [-0.2, 0) is 4.79 Å². The third kappa shape index (κ3) is 1.92. The quantitative estimate of drug-likeness (QED) is 0.831. The average molecular weight is 263 g/mol. The summed E-state index contributed by atoms with van der Waals surface area (Å²) in [4.78, 5) is 13.7. The molecule has 0 N–H and O–H groups in total. The van der Waals surface area contributed by atoms with Crippen molar-refractivity contribution in [1.29, 1.82) is 0 Å². The van der Waals surface area contributed by atoms with Gasteiger partial charge in [0.2, 0.25) is 5.91 Å². The Morgan fingerprint density at radius 1 is 1.00 bits per heavy atom. The maximum atomic E-state index is 11.7. The number of fused-ring (bicyclic) bond motifs is 1. The van der Waals surface area contributed by atoms with E-state index in [-0.39, 0.29) is 0 Å². The van der Waals surface area contributed by atoms with Crippen LogP contribution in [0.5, 0.6) is 0 Å². The minimum atomic E-state index is 0.325. The van der Waals surface area contributed by atoms with Gasteiger partial charge in [0.1, 0.15) is 0 Å². The van der Waals surface area contributed by atoms with Crippen LogP contribution in [-0.4, -0.2) is 23.9 Å². The molecule has 0 spiro atoms. The van der Waals surface area contributed by atoms with Gasteiger partial charge in [-0.1, -0.05) is 48.5 Å². The van der Waals surface area contributed by atoms with Crippen LogP contribution in [0.15, 0.2) is 48.5 Å². The van der Waals surface area contributed by atoms with E-state index in [2.05, 4.69) is 42.5 Å². The fourth-order valence-electron chi connectivity index (χ4n) is 3.22. The topological polar surface area (TPSA) is 20.3 Å². The SMILES string of the molecule is O=C1CCCN1C[C@H]1c2ccc(-c3ccccc3)cc21. The number of hydrogen-bond donors (Lipinski definition) is 0. The van der Waals surface area contributed by atoms with Crippen molar-refractivity contribution >= 4 is 5.91 Å². The highest BCUT2D eigenvalue weighted by Crippen LogP contribution is 2.46. The molecule has 1 saturated heterocycles. The first kappa shape index (κ1) is 11.7. The Kier molecular flexibility index (Phi) is 2.62. The molecule has 2 aromatic carbocycles. The standard InChI is InChI=1S/C18H17NO/c20-18-7-4-10-19(18)12-17-15-9-8-14(11-16(15)17)13-5-2-1-3-6-13/h1-3,5-6,8-9,11,17H,4,7,10,12H2/t17-/m0/s1. The van der Waals surface area contributed by atoms with Crippen molar-refractivity contribution in [3.8, 4) is 11.1 Å². The second-order valence-electron chi connectivity index (χ2n) is 5.71. The van der Waals surface area contributed by atoms with Crippen molar-refractivity contribution in [2.45, 2.75) is 18.8 Å². The molecule has 1 fully saturated rings. The first-order valence-electron chi connectivity index (χ1n) is 7.30. The third-order valence-electron chi connectivity index (χ3n) is 4.44. The fraction of sp³-hybridized carbons (Fsp3) is 0.278. The van der Waals surface area contributed by atoms with E-state index in [0.717, 1.165) is 25.9 Å². The zero-order chi connectivity index (χ0) is 13.5. The Hall–Kier alpha value is -2.09. The summed E-state index contributed by atoms with van der Waals surface area (Å²) in [5.41, 5.74) is 5.38. The Labute approximate surface area is 119 Å². The van der Waals surface area contributed by atoms with Gasteiger partial charge in [0.05, 0.1) is 0 Å². The number of carbonyl (C=O) groups is 1. The van der Waals surface area contributed by atoms with E-state index in [9.17, 15) is 4.79 Å². The first-order valence-corrected chi connectivity index (χ1v) is 7.30. The van der Waals surface area contributed by atoms with Crippen molar-refractivity contribution < 1.29 is 4.79 Å². The monoisotopic (exact) mass is 263 g/mol. The lowest BCUT2D eigenvalue weighted by Crippen LogP contribution is -2.26. The van der Waals surface area contributed by atoms with Crippen LogP contribution >= 0.6 is 0 Å². The maximum absolute atomic E-state index is 11.7. The average Bonchev–Trinajstić information content (AvgIpc) is 3.02. The molecule has 1 aliphatic carbocycles. The normalized spacial score (nSPS) is 20.1. The molecule has 2 aliphatic rings. The second kappa shape index (κ2) is 4.48. The second-order valence-corrected chi connectivity index (χ2v) is 5.71. The van der Waals surface area contributed by atoms with Crippen LogP contribution in [0.1, 0.15) is 29.9 Å². The fourth-order valence-corrected chi connectivity index (χ4v) is 3.22. The number of nitrogens with zero attached hydrogens (tertiary/aromatic N) is 1. The molecule has 2 aromatic rings. The molecule has 2 nitrogen and oxygen atoms in total. The molecule has 1 amide bonds. The lowest BCUT2D eigenvalue weighted by molar-refractivity contribution is -0.127. The van der Waals surface area contributed by atoms with Crippen LogP contribution in [0.4, 0.5) is 0 Å². The summed E-state index contributed by atoms with van der Waals surface area (Å²) in [5.74, 6) is 0.806. The van der Waals surface area contributed by atoms with Crippen molar-refractivity contribution in [3.63, 3.8) is 0 Å². The van der Waals surface area contributed by atoms with Gasteiger partial charge in [-0.05, 0) is 28.7 Å². The number of hydrogen-bond acceptors (Lipinski definition) is 1. The smallest absolute Gasteiger partial charge is 0.222 e. The van der Waals surface area contributed by atoms with Crippen LogP contribution in [0, 0.1) is 0 Å². The molecule has 0 aromatic heterocycles. The lowest BCUT2D eigenvalue weighted by Gasteiger charge is -2.14. The van der Waals surface area contributed by atoms with Gasteiger partial charge in [-0.25, -0.2) is 0 Å². The van der Waals surface area contributed by atoms with Gasteiger partial charge in [-0.3, -0.25) is 4.79 Å². The summed E-state index contributed by atoms with van der Waals surface area (Å²) in [6.07, 6.45) is 1.76. The van der Waals surface area contributed by atoms with Gasteiger partial charge in [-0.15, -0.1) is 0 Å². The molecule has 0 saturated carbocycles. The van der Waals surface area contributed by atoms with E-state index < -0.39 is 0 Å². The molecule has 100 valence electrons. The number of rotatable bonds is 3. The van der Waals surface area contributed by atoms with Crippen molar-refractivity contribution in [2.75, 3.05) is 13.1 Å². The van der Waals surface area contributed by atoms with Crippen molar-refractivity contribution in [2.24, 2.45) is 0 Å². The van der Waals surface area contributed by atoms with Crippen molar-refractivity contribution in [3.05, 3.63) is 59.7 Å². The summed E-state index contributed by atoms with van der Waals surface area (Å²) >= 11 is 0. The molecular formula is C18H17NO. The van der Waals surface area contributed by atoms with Crippen LogP contribution in [0.3, 0.4) is 0 Å². The van der Waals surface area contributed by atoms with Crippen LogP contribution in [0.25, 0.3) is 11.1 Å². The Bertz CT molecular complexity index is 662. The highest BCUT2D eigenvalue weighted by molar-refractivity contribution is 5.78. The number of carbonyl (C=O) groups excluding carboxylic acids is 1. The van der Waals surface area contributed by atoms with E-state index in [1.807, 2.05) is 11.0 Å². The minimum Gasteiger partial charge on any atom is -0.342 e. The molecule has 0 unspecified atom stereocenters. The molecule has 1 atom stereocenters. The number of likely N-dealkylation sites (tertiary alicyclic amines) is 1. The van der Waals surface area contributed by atoms with Crippen LogP contribution < -0.4 is 0 Å². The summed E-state index contributed by atoms with van der Waals surface area (Å²) in [7, 11) is 0. The summed E-state index contributed by atoms with van der Waals surface area (Å²) in [6.45, 7) is 1.82. The zero-order valence-electron chi connectivity index (χ0n) is 11.4. The van der Waals surface area contributed by atoms with E-state index >= 15 is 0 Å². The first-order chi connectivity index (χ1) is 9.83. The summed E-state index contributed by atoms with van der Waals surface area (Å²) < 4.78 is 0. The minimum absolute atomic E-state index is 0.325. The predicted molar refractivity (Wildman–Crippen MR) is 79.5 cm³/mol. The highest BCUT2D eigenvalue weighted by Gasteiger charge is 2.36. The molecule has 2 heteroatoms. The lowest BCUT2D eigenvalue weighted by atomic mass is 10.1. The highest BCUT2D eigenvalue weighted by atomic mass is 16.2. The van der Waals surface area contributed by atoms with Gasteiger partial charge in [-0.2, -0.15) is 0 Å². The summed E-state index contributed by atoms with van der Waals surface area (Å²) in [5, 5.41) is 0. The molecule has 1 aliphatic heterocycles. The van der Waals surface area contributed by atoms with Gasteiger partial charge in [0.25, 0.3) is 0 Å². The zero-order valence-corrected chi connectivity index (χ0v) is 11.4. The van der Waals surface area contributed by atoms with E-state index in [4.69, 9.17) is 0 Å². The Morgan fingerprint density at radius 3 is 2.60 bits per heavy atom. The molecule has 0 radical (unpaired) electrons. The van der Waals surface area contributed by atoms with Crippen molar-refractivity contribution in [1.82, 2.24) is 4.90 Å². The number of amides is 1. The molecular weight excluding hydrogens is 246 g/mol.